The number of aromatic nitrogens is 4. The highest BCUT2D eigenvalue weighted by atomic mass is 32.2. The highest BCUT2D eigenvalue weighted by Gasteiger charge is 2.33. The molecule has 3 heterocycles. The molecule has 1 aliphatic rings. The van der Waals surface area contributed by atoms with Crippen LogP contribution in [0.15, 0.2) is 72.1 Å². The minimum Gasteiger partial charge on any atom is -0.404 e. The summed E-state index contributed by atoms with van der Waals surface area (Å²) in [6.45, 7) is 6.15. The van der Waals surface area contributed by atoms with Crippen LogP contribution in [0, 0.1) is 6.92 Å². The summed E-state index contributed by atoms with van der Waals surface area (Å²) >= 11 is 1.33. The zero-order valence-electron chi connectivity index (χ0n) is 24.1. The van der Waals surface area contributed by atoms with Gasteiger partial charge in [0.2, 0.25) is 0 Å². The molecule has 0 saturated carbocycles. The number of urea groups is 1. The maximum Gasteiger partial charge on any atom is 0.573 e. The number of pyridine rings is 1. The lowest BCUT2D eigenvalue weighted by Gasteiger charge is -2.26. The molecule has 1 aliphatic heterocycles. The number of ether oxygens (including phenoxy) is 1. The molecule has 0 aliphatic carbocycles. The van der Waals surface area contributed by atoms with Crippen molar-refractivity contribution in [3.63, 3.8) is 0 Å². The van der Waals surface area contributed by atoms with Crippen LogP contribution >= 0.6 is 11.8 Å². The molecule has 230 valence electrons. The van der Waals surface area contributed by atoms with Crippen LogP contribution in [0.1, 0.15) is 42.3 Å². The van der Waals surface area contributed by atoms with Gasteiger partial charge in [0, 0.05) is 23.5 Å². The zero-order chi connectivity index (χ0) is 31.4. The van der Waals surface area contributed by atoms with Crippen molar-refractivity contribution in [3.8, 4) is 11.6 Å². The number of halogens is 3. The van der Waals surface area contributed by atoms with E-state index >= 15 is 0 Å². The number of thioether (sulfide) groups is 1. The molecular formula is C30H30F3N7O3S. The quantitative estimate of drug-likeness (QED) is 0.236. The van der Waals surface area contributed by atoms with E-state index in [1.54, 1.807) is 17.0 Å². The largest absolute Gasteiger partial charge is 0.573 e. The fourth-order valence-electron chi connectivity index (χ4n) is 4.59. The van der Waals surface area contributed by atoms with E-state index in [9.17, 15) is 23.1 Å². The van der Waals surface area contributed by atoms with Crippen molar-refractivity contribution in [1.82, 2.24) is 19.7 Å². The topological polar surface area (TPSA) is 118 Å². The lowest BCUT2D eigenvalue weighted by atomic mass is 9.98. The highest BCUT2D eigenvalue weighted by molar-refractivity contribution is 8.14. The first-order valence-electron chi connectivity index (χ1n) is 13.8. The SMILES string of the molecule is Cc1ccc(C(C)C)c(N2C(=NC(=O)Nc3ccc(CCc4ncn(-c5ccc(OC(F)(F)F)cn5)n4)cc3)SCC2O)c1. The molecule has 0 spiro atoms. The van der Waals surface area contributed by atoms with Gasteiger partial charge in [0.1, 0.15) is 18.3 Å². The number of aryl methyl sites for hydroxylation is 3. The van der Waals surface area contributed by atoms with Crippen molar-refractivity contribution in [3.05, 3.63) is 89.6 Å². The molecule has 0 radical (unpaired) electrons. The fourth-order valence-corrected chi connectivity index (χ4v) is 5.55. The van der Waals surface area contributed by atoms with E-state index in [1.807, 2.05) is 37.3 Å². The molecular weight excluding hydrogens is 595 g/mol. The van der Waals surface area contributed by atoms with Gasteiger partial charge < -0.3 is 15.2 Å². The van der Waals surface area contributed by atoms with E-state index in [0.717, 1.165) is 34.6 Å². The zero-order valence-corrected chi connectivity index (χ0v) is 24.9. The third-order valence-corrected chi connectivity index (χ3v) is 7.71. The van der Waals surface area contributed by atoms with Crippen LogP contribution in [0.3, 0.4) is 0 Å². The Morgan fingerprint density at radius 3 is 2.59 bits per heavy atom. The predicted octanol–water partition coefficient (Wildman–Crippen LogP) is 6.24. The standard InChI is InChI=1S/C30H30F3N7O3S/c1-18(2)23-11-4-19(3)14-24(23)40-27(41)16-44-29(40)37-28(42)36-21-8-5-20(6-9-21)7-12-25-35-17-39(38-25)26-13-10-22(15-34-26)43-30(31,32)33/h4-6,8-11,13-15,17-18,27,41H,7,12,16H2,1-3H3,(H,36,42). The van der Waals surface area contributed by atoms with Gasteiger partial charge >= 0.3 is 12.4 Å². The number of carbonyl (C=O) groups is 1. The molecule has 2 amide bonds. The number of benzene rings is 2. The number of carbonyl (C=O) groups excluding carboxylic acids is 1. The minimum absolute atomic E-state index is 0.225. The van der Waals surface area contributed by atoms with E-state index in [4.69, 9.17) is 0 Å². The van der Waals surface area contributed by atoms with Crippen LogP contribution in [-0.2, 0) is 12.8 Å². The van der Waals surface area contributed by atoms with Crippen molar-refractivity contribution in [2.75, 3.05) is 16.0 Å². The van der Waals surface area contributed by atoms with Gasteiger partial charge in [-0.15, -0.1) is 18.3 Å². The number of amides is 2. The van der Waals surface area contributed by atoms with Crippen LogP contribution in [0.2, 0.25) is 0 Å². The third kappa shape index (κ3) is 7.74. The number of hydrogen-bond donors (Lipinski definition) is 2. The van der Waals surface area contributed by atoms with Gasteiger partial charge in [0.25, 0.3) is 0 Å². The van der Waals surface area contributed by atoms with Gasteiger partial charge in [-0.05, 0) is 66.3 Å². The number of hydrogen-bond acceptors (Lipinski definition) is 7. The maximum absolute atomic E-state index is 12.8. The lowest BCUT2D eigenvalue weighted by molar-refractivity contribution is -0.274. The van der Waals surface area contributed by atoms with Gasteiger partial charge in [-0.25, -0.2) is 19.4 Å². The van der Waals surface area contributed by atoms with Gasteiger partial charge in [0.15, 0.2) is 16.8 Å². The molecule has 2 N–H and O–H groups in total. The number of rotatable bonds is 8. The smallest absolute Gasteiger partial charge is 0.404 e. The van der Waals surface area contributed by atoms with E-state index < -0.39 is 24.4 Å². The van der Waals surface area contributed by atoms with Gasteiger partial charge in [-0.1, -0.05) is 49.9 Å². The monoisotopic (exact) mass is 625 g/mol. The van der Waals surface area contributed by atoms with Crippen LogP contribution in [0.5, 0.6) is 5.75 Å². The highest BCUT2D eigenvalue weighted by Crippen LogP contribution is 2.35. The normalized spacial score (nSPS) is 16.1. The molecule has 2 aromatic carbocycles. The predicted molar refractivity (Wildman–Crippen MR) is 162 cm³/mol. The Labute approximate surface area is 256 Å². The summed E-state index contributed by atoms with van der Waals surface area (Å²) in [5, 5.41) is 18.3. The first kappa shape index (κ1) is 31.0. The number of amidine groups is 1. The molecule has 2 aromatic heterocycles. The molecule has 44 heavy (non-hydrogen) atoms. The van der Waals surface area contributed by atoms with E-state index in [-0.39, 0.29) is 5.92 Å². The number of aliphatic hydroxyl groups is 1. The minimum atomic E-state index is -4.79. The molecule has 10 nitrogen and oxygen atoms in total. The van der Waals surface area contributed by atoms with Crippen LogP contribution in [0.25, 0.3) is 5.82 Å². The second-order valence-corrected chi connectivity index (χ2v) is 11.4. The van der Waals surface area contributed by atoms with Crippen molar-refractivity contribution < 1.29 is 27.8 Å². The van der Waals surface area contributed by atoms with E-state index in [2.05, 4.69) is 44.0 Å². The third-order valence-electron chi connectivity index (χ3n) is 6.70. The Morgan fingerprint density at radius 1 is 1.14 bits per heavy atom. The summed E-state index contributed by atoms with van der Waals surface area (Å²) in [6, 6.07) is 15.4. The molecule has 0 bridgehead atoms. The van der Waals surface area contributed by atoms with Gasteiger partial charge in [0.05, 0.1) is 6.20 Å². The Morgan fingerprint density at radius 2 is 1.91 bits per heavy atom. The number of anilines is 2. The molecule has 4 aromatic rings. The Balaban J connectivity index is 1.18. The number of aliphatic hydroxyl groups excluding tert-OH is 1. The molecule has 14 heteroatoms. The van der Waals surface area contributed by atoms with Crippen LogP contribution < -0.4 is 15.0 Å². The number of alkyl halides is 3. The van der Waals surface area contributed by atoms with Crippen molar-refractivity contribution in [2.45, 2.75) is 52.1 Å². The Hall–Kier alpha value is -4.43. The summed E-state index contributed by atoms with van der Waals surface area (Å²) in [5.74, 6) is 1.04. The van der Waals surface area contributed by atoms with Crippen LogP contribution in [0.4, 0.5) is 29.3 Å². The molecule has 1 fully saturated rings. The van der Waals surface area contributed by atoms with Crippen LogP contribution in [-0.4, -0.2) is 54.4 Å². The summed E-state index contributed by atoms with van der Waals surface area (Å²) in [6.07, 6.45) is -2.05. The summed E-state index contributed by atoms with van der Waals surface area (Å²) in [5.41, 5.74) is 4.51. The van der Waals surface area contributed by atoms with Crippen molar-refractivity contribution in [2.24, 2.45) is 4.99 Å². The second kappa shape index (κ2) is 13.1. The van der Waals surface area contributed by atoms with Gasteiger partial charge in [-0.3, -0.25) is 4.90 Å². The first-order valence-corrected chi connectivity index (χ1v) is 14.8. The lowest BCUT2D eigenvalue weighted by Crippen LogP contribution is -2.35. The molecule has 1 atom stereocenters. The Bertz CT molecular complexity index is 1640. The number of nitrogens with one attached hydrogen (secondary N) is 1. The average molecular weight is 626 g/mol. The number of nitrogens with zero attached hydrogens (tertiary/aromatic N) is 6. The average Bonchev–Trinajstić information content (AvgIpc) is 3.58. The van der Waals surface area contributed by atoms with Crippen molar-refractivity contribution >= 4 is 34.3 Å². The maximum atomic E-state index is 12.8. The molecule has 1 saturated heterocycles. The summed E-state index contributed by atoms with van der Waals surface area (Å²) in [4.78, 5) is 27.0. The Kier molecular flexibility index (Phi) is 9.20. The van der Waals surface area contributed by atoms with E-state index in [0.29, 0.717) is 41.1 Å². The molecule has 5 rings (SSSR count). The summed E-state index contributed by atoms with van der Waals surface area (Å²) < 4.78 is 42.3. The summed E-state index contributed by atoms with van der Waals surface area (Å²) in [7, 11) is 0. The second-order valence-electron chi connectivity index (χ2n) is 10.4. The van der Waals surface area contributed by atoms with Crippen molar-refractivity contribution in [1.29, 1.82) is 0 Å². The molecule has 1 unspecified atom stereocenters. The van der Waals surface area contributed by atoms with Gasteiger partial charge in [-0.2, -0.15) is 4.99 Å². The number of aliphatic imine (C=N–C) groups is 1. The fraction of sp³-hybridized carbons (Fsp3) is 0.300. The first-order chi connectivity index (χ1) is 20.9. The van der Waals surface area contributed by atoms with E-state index in [1.165, 1.54) is 28.8 Å².